The van der Waals surface area contributed by atoms with Crippen LogP contribution in [0.2, 0.25) is 0 Å². The Balaban J connectivity index is 1.76. The SMILES string of the molecule is CCOC(=O)CN1CCN(Cc2ccc([S+](N)[O-])cc2)CC1. The van der Waals surface area contributed by atoms with Crippen molar-refractivity contribution in [1.29, 1.82) is 0 Å². The van der Waals surface area contributed by atoms with Crippen LogP contribution >= 0.6 is 0 Å². The Bertz CT molecular complexity index is 473. The second-order valence-electron chi connectivity index (χ2n) is 5.30. The molecule has 1 unspecified atom stereocenters. The van der Waals surface area contributed by atoms with E-state index in [0.29, 0.717) is 18.0 Å². The van der Waals surface area contributed by atoms with Gasteiger partial charge in [0.2, 0.25) is 0 Å². The summed E-state index contributed by atoms with van der Waals surface area (Å²) < 4.78 is 16.1. The number of nitrogens with zero attached hydrogens (tertiary/aromatic N) is 2. The van der Waals surface area contributed by atoms with E-state index >= 15 is 0 Å². The van der Waals surface area contributed by atoms with Gasteiger partial charge in [-0.25, -0.2) is 0 Å². The molecule has 1 saturated heterocycles. The summed E-state index contributed by atoms with van der Waals surface area (Å²) in [6.45, 7) is 7.05. The third-order valence-electron chi connectivity index (χ3n) is 3.68. The molecule has 2 N–H and O–H groups in total. The number of hydrogen-bond donors (Lipinski definition) is 1. The number of carbonyl (C=O) groups is 1. The second kappa shape index (κ2) is 8.50. The minimum Gasteiger partial charge on any atom is -0.593 e. The van der Waals surface area contributed by atoms with E-state index in [1.165, 1.54) is 5.56 Å². The molecule has 0 saturated carbocycles. The van der Waals surface area contributed by atoms with E-state index in [-0.39, 0.29) is 5.97 Å². The molecule has 22 heavy (non-hydrogen) atoms. The molecule has 0 bridgehead atoms. The molecular formula is C15H23N3O3S. The summed E-state index contributed by atoms with van der Waals surface area (Å²) in [5, 5.41) is 5.34. The maximum atomic E-state index is 11.5. The molecule has 1 aliphatic rings. The molecule has 1 aromatic carbocycles. The lowest BCUT2D eigenvalue weighted by molar-refractivity contribution is -0.144. The van der Waals surface area contributed by atoms with Crippen molar-refractivity contribution in [2.45, 2.75) is 18.4 Å². The standard InChI is InChI=1S/C15H23N3O3S/c1-2-21-15(19)12-18-9-7-17(8-10-18)11-13-3-5-14(6-4-13)22(16)20/h3-6H,2,7-12,16H2,1H3. The predicted molar refractivity (Wildman–Crippen MR) is 85.4 cm³/mol. The van der Waals surface area contributed by atoms with Crippen LogP contribution in [-0.2, 0) is 27.4 Å². The lowest BCUT2D eigenvalue weighted by atomic mass is 10.2. The van der Waals surface area contributed by atoms with Crippen molar-refractivity contribution in [3.63, 3.8) is 0 Å². The second-order valence-corrected chi connectivity index (χ2v) is 6.36. The Labute approximate surface area is 134 Å². The fourth-order valence-electron chi connectivity index (χ4n) is 2.48. The Morgan fingerprint density at radius 3 is 2.36 bits per heavy atom. The smallest absolute Gasteiger partial charge is 0.320 e. The summed E-state index contributed by atoms with van der Waals surface area (Å²) in [5.41, 5.74) is 1.17. The van der Waals surface area contributed by atoms with Gasteiger partial charge in [0, 0.05) is 32.7 Å². The zero-order valence-electron chi connectivity index (χ0n) is 12.9. The highest BCUT2D eigenvalue weighted by Crippen LogP contribution is 2.12. The number of hydrogen-bond acceptors (Lipinski definition) is 6. The first kappa shape index (κ1) is 17.2. The molecule has 1 aromatic rings. The third-order valence-corrected chi connectivity index (χ3v) is 4.42. The van der Waals surface area contributed by atoms with Crippen LogP contribution in [0.15, 0.2) is 29.2 Å². The van der Waals surface area contributed by atoms with E-state index in [1.807, 2.05) is 31.2 Å². The maximum Gasteiger partial charge on any atom is 0.320 e. The fraction of sp³-hybridized carbons (Fsp3) is 0.533. The molecule has 1 heterocycles. The van der Waals surface area contributed by atoms with Crippen molar-refractivity contribution < 1.29 is 14.1 Å². The summed E-state index contributed by atoms with van der Waals surface area (Å²) in [6, 6.07) is 7.54. The third kappa shape index (κ3) is 5.26. The zero-order valence-corrected chi connectivity index (χ0v) is 13.7. The van der Waals surface area contributed by atoms with E-state index in [0.717, 1.165) is 32.7 Å². The van der Waals surface area contributed by atoms with Crippen LogP contribution in [0.1, 0.15) is 12.5 Å². The van der Waals surface area contributed by atoms with Gasteiger partial charge in [0.05, 0.1) is 24.5 Å². The van der Waals surface area contributed by atoms with Crippen LogP contribution in [0, 0.1) is 0 Å². The minimum absolute atomic E-state index is 0.152. The van der Waals surface area contributed by atoms with Crippen molar-refractivity contribution in [2.75, 3.05) is 39.3 Å². The van der Waals surface area contributed by atoms with Crippen LogP contribution in [0.25, 0.3) is 0 Å². The monoisotopic (exact) mass is 325 g/mol. The highest BCUT2D eigenvalue weighted by molar-refractivity contribution is 7.89. The number of esters is 1. The zero-order chi connectivity index (χ0) is 15.9. The number of carbonyl (C=O) groups excluding carboxylic acids is 1. The highest BCUT2D eigenvalue weighted by Gasteiger charge is 2.19. The average Bonchev–Trinajstić information content (AvgIpc) is 2.50. The summed E-state index contributed by atoms with van der Waals surface area (Å²) in [4.78, 5) is 16.6. The van der Waals surface area contributed by atoms with Gasteiger partial charge >= 0.3 is 5.97 Å². The molecular weight excluding hydrogens is 302 g/mol. The molecule has 0 aromatic heterocycles. The van der Waals surface area contributed by atoms with Crippen LogP contribution in [0.5, 0.6) is 0 Å². The van der Waals surface area contributed by atoms with E-state index in [4.69, 9.17) is 9.88 Å². The van der Waals surface area contributed by atoms with E-state index in [2.05, 4.69) is 9.80 Å². The van der Waals surface area contributed by atoms with Gasteiger partial charge in [-0.2, -0.15) is 0 Å². The predicted octanol–water partition coefficient (Wildman–Crippen LogP) is 0.349. The van der Waals surface area contributed by atoms with Crippen LogP contribution in [0.3, 0.4) is 0 Å². The first-order chi connectivity index (χ1) is 10.6. The summed E-state index contributed by atoms with van der Waals surface area (Å²) in [5.74, 6) is -0.152. The van der Waals surface area contributed by atoms with Crippen LogP contribution in [0.4, 0.5) is 0 Å². The fourth-order valence-corrected chi connectivity index (χ4v) is 2.89. The molecule has 6 nitrogen and oxygen atoms in total. The largest absolute Gasteiger partial charge is 0.593 e. The average molecular weight is 325 g/mol. The molecule has 0 spiro atoms. The van der Waals surface area contributed by atoms with Crippen molar-refractivity contribution in [3.8, 4) is 0 Å². The maximum absolute atomic E-state index is 11.5. The van der Waals surface area contributed by atoms with Gasteiger partial charge < -0.3 is 9.29 Å². The highest BCUT2D eigenvalue weighted by atomic mass is 32.2. The van der Waals surface area contributed by atoms with Gasteiger partial charge in [-0.3, -0.25) is 14.6 Å². The minimum atomic E-state index is -1.42. The van der Waals surface area contributed by atoms with Gasteiger partial charge in [0.15, 0.2) is 4.90 Å². The van der Waals surface area contributed by atoms with Gasteiger partial charge in [-0.1, -0.05) is 12.1 Å². The topological polar surface area (TPSA) is 81.9 Å². The number of piperazine rings is 1. The van der Waals surface area contributed by atoms with Gasteiger partial charge in [-0.05, 0) is 24.6 Å². The Morgan fingerprint density at radius 1 is 1.23 bits per heavy atom. The number of rotatable bonds is 6. The Kier molecular flexibility index (Phi) is 6.66. The van der Waals surface area contributed by atoms with Crippen molar-refractivity contribution in [1.82, 2.24) is 9.80 Å². The summed E-state index contributed by atoms with van der Waals surface area (Å²) in [7, 11) is 0. The number of ether oxygens (including phenoxy) is 1. The molecule has 0 radical (unpaired) electrons. The Hall–Kier alpha value is -1.12. The van der Waals surface area contributed by atoms with Crippen molar-refractivity contribution in [2.24, 2.45) is 5.14 Å². The molecule has 1 aliphatic heterocycles. The van der Waals surface area contributed by atoms with Gasteiger partial charge in [-0.15, -0.1) is 5.14 Å². The summed E-state index contributed by atoms with van der Waals surface area (Å²) >= 11 is -1.42. The van der Waals surface area contributed by atoms with E-state index in [9.17, 15) is 9.35 Å². The van der Waals surface area contributed by atoms with Gasteiger partial charge in [0.25, 0.3) is 0 Å². The lowest BCUT2D eigenvalue weighted by Gasteiger charge is -2.34. The van der Waals surface area contributed by atoms with Crippen LogP contribution in [-0.4, -0.2) is 59.7 Å². The molecule has 7 heteroatoms. The van der Waals surface area contributed by atoms with Crippen molar-refractivity contribution >= 4 is 17.3 Å². The molecule has 2 rings (SSSR count). The lowest BCUT2D eigenvalue weighted by Crippen LogP contribution is -2.47. The van der Waals surface area contributed by atoms with Crippen LogP contribution < -0.4 is 5.14 Å². The quantitative estimate of drug-likeness (QED) is 0.600. The Morgan fingerprint density at radius 2 is 1.82 bits per heavy atom. The molecule has 0 aliphatic carbocycles. The molecule has 1 fully saturated rings. The molecule has 1 atom stereocenters. The van der Waals surface area contributed by atoms with Gasteiger partial charge in [0.1, 0.15) is 0 Å². The molecule has 122 valence electrons. The first-order valence-corrected chi connectivity index (χ1v) is 8.65. The number of nitrogens with two attached hydrogens (primary N) is 1. The van der Waals surface area contributed by atoms with E-state index in [1.54, 1.807) is 0 Å². The normalized spacial score (nSPS) is 18.1. The van der Waals surface area contributed by atoms with Crippen molar-refractivity contribution in [3.05, 3.63) is 29.8 Å². The number of benzene rings is 1. The summed E-state index contributed by atoms with van der Waals surface area (Å²) in [6.07, 6.45) is 0. The first-order valence-electron chi connectivity index (χ1n) is 7.44. The molecule has 0 amide bonds. The van der Waals surface area contributed by atoms with E-state index < -0.39 is 11.4 Å².